The van der Waals surface area contributed by atoms with Crippen LogP contribution < -0.4 is 20.1 Å². The number of fused-ring (bicyclic) bond motifs is 1. The zero-order chi connectivity index (χ0) is 19.3. The molecule has 10 heteroatoms. The van der Waals surface area contributed by atoms with E-state index in [1.54, 1.807) is 10.3 Å². The molecule has 1 fully saturated rings. The molecule has 1 aromatic heterocycles. The van der Waals surface area contributed by atoms with Crippen LogP contribution in [0.15, 0.2) is 23.6 Å². The zero-order valence-corrected chi connectivity index (χ0v) is 15.9. The summed E-state index contributed by atoms with van der Waals surface area (Å²) in [4.78, 5) is 30.4. The molecule has 4 rings (SSSR count). The van der Waals surface area contributed by atoms with E-state index in [-0.39, 0.29) is 25.2 Å². The Hall–Kier alpha value is -2.85. The Balaban J connectivity index is 1.25. The first-order valence-electron chi connectivity index (χ1n) is 8.91. The van der Waals surface area contributed by atoms with Gasteiger partial charge in [0.05, 0.1) is 25.3 Å². The average molecular weight is 404 g/mol. The van der Waals surface area contributed by atoms with Crippen LogP contribution in [0.4, 0.5) is 9.93 Å². The molecular weight excluding hydrogens is 384 g/mol. The lowest BCUT2D eigenvalue weighted by molar-refractivity contribution is -0.120. The highest BCUT2D eigenvalue weighted by Crippen LogP contribution is 2.32. The summed E-state index contributed by atoms with van der Waals surface area (Å²) in [5.74, 6) is 1.25. The predicted molar refractivity (Wildman–Crippen MR) is 102 cm³/mol. The van der Waals surface area contributed by atoms with Crippen LogP contribution in [0.5, 0.6) is 11.5 Å². The molecule has 0 radical (unpaired) electrons. The lowest BCUT2D eigenvalue weighted by Gasteiger charge is -2.26. The number of amides is 3. The number of ether oxygens (including phenoxy) is 3. The van der Waals surface area contributed by atoms with Gasteiger partial charge in [0.1, 0.15) is 0 Å². The number of aromatic nitrogens is 1. The highest BCUT2D eigenvalue weighted by atomic mass is 32.1. The van der Waals surface area contributed by atoms with E-state index in [4.69, 9.17) is 14.2 Å². The Morgan fingerprint density at radius 3 is 2.86 bits per heavy atom. The van der Waals surface area contributed by atoms with Crippen molar-refractivity contribution in [2.75, 3.05) is 38.4 Å². The number of urea groups is 1. The third kappa shape index (κ3) is 4.52. The van der Waals surface area contributed by atoms with Crippen molar-refractivity contribution >= 4 is 28.4 Å². The number of benzene rings is 1. The molecule has 9 nitrogen and oxygen atoms in total. The standard InChI is InChI=1S/C18H20N4O5S/c23-16(19-9-12-1-2-14-15(7-12)27-11-26-14)8-13-10-28-17(20-13)21-18(24)22-3-5-25-6-4-22/h1-2,7,10H,3-6,8-9,11H2,(H,19,23)(H,20,21,24). The maximum atomic E-state index is 12.2. The molecule has 0 unspecified atom stereocenters. The minimum atomic E-state index is -0.198. The van der Waals surface area contributed by atoms with Crippen LogP contribution in [0.2, 0.25) is 0 Å². The average Bonchev–Trinajstić information content (AvgIpc) is 3.36. The van der Waals surface area contributed by atoms with Crippen molar-refractivity contribution in [3.63, 3.8) is 0 Å². The number of hydrogen-bond acceptors (Lipinski definition) is 7. The molecule has 1 saturated heterocycles. The normalized spacial score (nSPS) is 15.4. The van der Waals surface area contributed by atoms with Gasteiger partial charge in [-0.3, -0.25) is 10.1 Å². The van der Waals surface area contributed by atoms with Gasteiger partial charge in [0.15, 0.2) is 16.6 Å². The van der Waals surface area contributed by atoms with Crippen LogP contribution in [-0.2, 0) is 22.5 Å². The first-order valence-corrected chi connectivity index (χ1v) is 9.78. The fraction of sp³-hybridized carbons (Fsp3) is 0.389. The number of rotatable bonds is 5. The van der Waals surface area contributed by atoms with E-state index in [0.717, 1.165) is 5.56 Å². The summed E-state index contributed by atoms with van der Waals surface area (Å²) in [6.45, 7) is 2.82. The Morgan fingerprint density at radius 1 is 1.18 bits per heavy atom. The van der Waals surface area contributed by atoms with Gasteiger partial charge in [-0.05, 0) is 17.7 Å². The lowest BCUT2D eigenvalue weighted by Crippen LogP contribution is -2.43. The second kappa shape index (κ2) is 8.44. The maximum absolute atomic E-state index is 12.2. The van der Waals surface area contributed by atoms with Gasteiger partial charge in [-0.1, -0.05) is 6.07 Å². The number of hydrogen-bond donors (Lipinski definition) is 2. The van der Waals surface area contributed by atoms with Gasteiger partial charge in [-0.15, -0.1) is 11.3 Å². The summed E-state index contributed by atoms with van der Waals surface area (Å²) in [7, 11) is 0. The molecule has 3 amide bonds. The van der Waals surface area contributed by atoms with Gasteiger partial charge < -0.3 is 24.4 Å². The molecule has 148 valence electrons. The minimum absolute atomic E-state index is 0.144. The molecule has 0 atom stereocenters. The Labute approximate surface area is 165 Å². The number of nitrogens with one attached hydrogen (secondary N) is 2. The van der Waals surface area contributed by atoms with E-state index in [1.165, 1.54) is 11.3 Å². The Kier molecular flexibility index (Phi) is 5.58. The van der Waals surface area contributed by atoms with Crippen LogP contribution >= 0.6 is 11.3 Å². The van der Waals surface area contributed by atoms with Gasteiger partial charge in [0, 0.05) is 25.0 Å². The molecule has 0 saturated carbocycles. The second-order valence-electron chi connectivity index (χ2n) is 6.31. The van der Waals surface area contributed by atoms with Crippen molar-refractivity contribution in [1.29, 1.82) is 0 Å². The number of carbonyl (C=O) groups is 2. The third-order valence-corrected chi connectivity index (χ3v) is 5.14. The molecule has 2 aliphatic rings. The molecule has 2 N–H and O–H groups in total. The second-order valence-corrected chi connectivity index (χ2v) is 7.17. The van der Waals surface area contributed by atoms with Crippen LogP contribution in [-0.4, -0.2) is 54.9 Å². The minimum Gasteiger partial charge on any atom is -0.454 e. The van der Waals surface area contributed by atoms with E-state index < -0.39 is 0 Å². The van der Waals surface area contributed by atoms with Gasteiger partial charge in [-0.2, -0.15) is 0 Å². The van der Waals surface area contributed by atoms with Crippen molar-refractivity contribution in [3.8, 4) is 11.5 Å². The van der Waals surface area contributed by atoms with Gasteiger partial charge in [0.25, 0.3) is 0 Å². The number of thiazole rings is 1. The quantitative estimate of drug-likeness (QED) is 0.785. The first-order chi connectivity index (χ1) is 13.7. The molecule has 3 heterocycles. The van der Waals surface area contributed by atoms with Gasteiger partial charge >= 0.3 is 6.03 Å². The summed E-state index contributed by atoms with van der Waals surface area (Å²) in [5, 5.41) is 7.88. The van der Waals surface area contributed by atoms with Crippen molar-refractivity contribution in [2.45, 2.75) is 13.0 Å². The lowest BCUT2D eigenvalue weighted by atomic mass is 10.2. The van der Waals surface area contributed by atoms with Crippen LogP contribution in [0.3, 0.4) is 0 Å². The molecule has 0 bridgehead atoms. The summed E-state index contributed by atoms with van der Waals surface area (Å²) in [6, 6.07) is 5.37. The fourth-order valence-electron chi connectivity index (χ4n) is 2.86. The predicted octanol–water partition coefficient (Wildman–Crippen LogP) is 1.59. The van der Waals surface area contributed by atoms with Gasteiger partial charge in [-0.25, -0.2) is 9.78 Å². The molecule has 0 aliphatic carbocycles. The van der Waals surface area contributed by atoms with Crippen molar-refractivity contribution in [3.05, 3.63) is 34.8 Å². The van der Waals surface area contributed by atoms with Crippen LogP contribution in [0, 0.1) is 0 Å². The summed E-state index contributed by atoms with van der Waals surface area (Å²) >= 11 is 1.30. The van der Waals surface area contributed by atoms with Crippen LogP contribution in [0.25, 0.3) is 0 Å². The highest BCUT2D eigenvalue weighted by molar-refractivity contribution is 7.13. The molecule has 0 spiro atoms. The SMILES string of the molecule is O=C(Cc1csc(NC(=O)N2CCOCC2)n1)NCc1ccc2c(c1)OCO2. The van der Waals surface area contributed by atoms with Gasteiger partial charge in [0.2, 0.25) is 12.7 Å². The number of nitrogens with zero attached hydrogens (tertiary/aromatic N) is 2. The molecule has 2 aromatic rings. The van der Waals surface area contributed by atoms with Crippen molar-refractivity contribution < 1.29 is 23.8 Å². The first kappa shape index (κ1) is 18.5. The smallest absolute Gasteiger partial charge is 0.323 e. The Bertz CT molecular complexity index is 865. The fourth-order valence-corrected chi connectivity index (χ4v) is 3.56. The third-order valence-electron chi connectivity index (χ3n) is 4.33. The summed E-state index contributed by atoms with van der Waals surface area (Å²) < 4.78 is 15.8. The molecule has 1 aromatic carbocycles. The van der Waals surface area contributed by atoms with Crippen molar-refractivity contribution in [1.82, 2.24) is 15.2 Å². The summed E-state index contributed by atoms with van der Waals surface area (Å²) in [6.07, 6.45) is 0.147. The zero-order valence-electron chi connectivity index (χ0n) is 15.1. The van der Waals surface area contributed by atoms with E-state index in [9.17, 15) is 9.59 Å². The monoisotopic (exact) mass is 404 g/mol. The van der Waals surface area contributed by atoms with Crippen LogP contribution in [0.1, 0.15) is 11.3 Å². The van der Waals surface area contributed by atoms with E-state index >= 15 is 0 Å². The molecule has 28 heavy (non-hydrogen) atoms. The molecular formula is C18H20N4O5S. The summed E-state index contributed by atoms with van der Waals surface area (Å²) in [5.41, 5.74) is 1.54. The van der Waals surface area contributed by atoms with E-state index in [0.29, 0.717) is 55.2 Å². The molecule has 2 aliphatic heterocycles. The Morgan fingerprint density at radius 2 is 2.00 bits per heavy atom. The van der Waals surface area contributed by atoms with E-state index in [2.05, 4.69) is 15.6 Å². The number of carbonyl (C=O) groups excluding carboxylic acids is 2. The number of anilines is 1. The van der Waals surface area contributed by atoms with Crippen molar-refractivity contribution in [2.24, 2.45) is 0 Å². The van der Waals surface area contributed by atoms with E-state index in [1.807, 2.05) is 18.2 Å². The largest absolute Gasteiger partial charge is 0.454 e. The number of morpholine rings is 1. The highest BCUT2D eigenvalue weighted by Gasteiger charge is 2.18. The topological polar surface area (TPSA) is 102 Å². The maximum Gasteiger partial charge on any atom is 0.323 e.